The van der Waals surface area contributed by atoms with Crippen molar-refractivity contribution < 1.29 is 4.74 Å². The van der Waals surface area contributed by atoms with Gasteiger partial charge in [-0.3, -0.25) is 4.90 Å². The molecular formula is C13H25NO. The molecule has 0 unspecified atom stereocenters. The summed E-state index contributed by atoms with van der Waals surface area (Å²) < 4.78 is 5.95. The van der Waals surface area contributed by atoms with Crippen molar-refractivity contribution in [2.75, 3.05) is 13.1 Å². The van der Waals surface area contributed by atoms with E-state index in [1.807, 2.05) is 0 Å². The molecule has 0 atom stereocenters. The first kappa shape index (κ1) is 11.4. The third kappa shape index (κ3) is 3.18. The van der Waals surface area contributed by atoms with E-state index in [4.69, 9.17) is 4.74 Å². The van der Waals surface area contributed by atoms with E-state index in [-0.39, 0.29) is 5.60 Å². The topological polar surface area (TPSA) is 12.5 Å². The molecule has 0 aromatic heterocycles. The Labute approximate surface area is 94.0 Å². The van der Waals surface area contributed by atoms with E-state index in [0.29, 0.717) is 6.10 Å². The van der Waals surface area contributed by atoms with Gasteiger partial charge in [-0.25, -0.2) is 0 Å². The lowest BCUT2D eigenvalue weighted by molar-refractivity contribution is -0.136. The van der Waals surface area contributed by atoms with Crippen molar-refractivity contribution in [2.45, 2.75) is 70.6 Å². The van der Waals surface area contributed by atoms with E-state index >= 15 is 0 Å². The second-order valence-electron chi connectivity index (χ2n) is 6.10. The van der Waals surface area contributed by atoms with Gasteiger partial charge in [-0.1, -0.05) is 19.3 Å². The summed E-state index contributed by atoms with van der Waals surface area (Å²) in [4.78, 5) is 2.62. The minimum atomic E-state index is 0.0311. The van der Waals surface area contributed by atoms with E-state index < -0.39 is 0 Å². The number of nitrogens with zero attached hydrogens (tertiary/aromatic N) is 1. The molecule has 2 rings (SSSR count). The first-order valence-electron chi connectivity index (χ1n) is 6.46. The number of ether oxygens (including phenoxy) is 1. The lowest BCUT2D eigenvalue weighted by Crippen LogP contribution is -2.58. The monoisotopic (exact) mass is 211 g/mol. The number of hydrogen-bond acceptors (Lipinski definition) is 2. The molecule has 15 heavy (non-hydrogen) atoms. The van der Waals surface area contributed by atoms with Gasteiger partial charge in [0.2, 0.25) is 0 Å². The van der Waals surface area contributed by atoms with Crippen molar-refractivity contribution in [1.29, 1.82) is 0 Å². The first-order chi connectivity index (χ1) is 7.04. The molecule has 1 saturated heterocycles. The van der Waals surface area contributed by atoms with Crippen LogP contribution in [0.1, 0.15) is 52.9 Å². The van der Waals surface area contributed by atoms with Crippen molar-refractivity contribution >= 4 is 0 Å². The summed E-state index contributed by atoms with van der Waals surface area (Å²) in [5, 5.41) is 0. The zero-order chi connectivity index (χ0) is 10.9. The molecule has 2 aliphatic rings. The largest absolute Gasteiger partial charge is 0.370 e. The molecule has 2 fully saturated rings. The highest BCUT2D eigenvalue weighted by molar-refractivity contribution is 4.88. The van der Waals surface area contributed by atoms with Crippen LogP contribution in [0, 0.1) is 0 Å². The van der Waals surface area contributed by atoms with Gasteiger partial charge in [0.25, 0.3) is 0 Å². The van der Waals surface area contributed by atoms with Crippen molar-refractivity contribution in [1.82, 2.24) is 4.90 Å². The SMILES string of the molecule is CC(C)(C)OC1CN(C2CCCCC2)C1. The zero-order valence-electron chi connectivity index (χ0n) is 10.5. The Morgan fingerprint density at radius 3 is 2.13 bits per heavy atom. The quantitative estimate of drug-likeness (QED) is 0.696. The summed E-state index contributed by atoms with van der Waals surface area (Å²) in [6.07, 6.45) is 7.65. The number of likely N-dealkylation sites (tertiary alicyclic amines) is 1. The molecule has 0 amide bonds. The fourth-order valence-electron chi connectivity index (χ4n) is 2.79. The minimum Gasteiger partial charge on any atom is -0.370 e. The highest BCUT2D eigenvalue weighted by atomic mass is 16.5. The van der Waals surface area contributed by atoms with Gasteiger partial charge in [-0.15, -0.1) is 0 Å². The van der Waals surface area contributed by atoms with Crippen LogP contribution in [-0.2, 0) is 4.74 Å². The van der Waals surface area contributed by atoms with Crippen LogP contribution in [-0.4, -0.2) is 35.7 Å². The molecule has 88 valence electrons. The van der Waals surface area contributed by atoms with Gasteiger partial charge in [0.1, 0.15) is 0 Å². The fourth-order valence-corrected chi connectivity index (χ4v) is 2.79. The third-order valence-electron chi connectivity index (χ3n) is 3.49. The van der Waals surface area contributed by atoms with Gasteiger partial charge in [0.05, 0.1) is 11.7 Å². The molecule has 2 nitrogen and oxygen atoms in total. The Morgan fingerprint density at radius 1 is 1.00 bits per heavy atom. The standard InChI is InChI=1S/C13H25NO/c1-13(2,3)15-12-9-14(10-12)11-7-5-4-6-8-11/h11-12H,4-10H2,1-3H3. The molecule has 0 bridgehead atoms. The van der Waals surface area contributed by atoms with Crippen molar-refractivity contribution in [2.24, 2.45) is 0 Å². The van der Waals surface area contributed by atoms with E-state index in [1.54, 1.807) is 0 Å². The molecule has 0 radical (unpaired) electrons. The Hall–Kier alpha value is -0.0800. The van der Waals surface area contributed by atoms with Crippen molar-refractivity contribution in [3.05, 3.63) is 0 Å². The molecule has 1 saturated carbocycles. The minimum absolute atomic E-state index is 0.0311. The first-order valence-corrected chi connectivity index (χ1v) is 6.46. The van der Waals surface area contributed by atoms with E-state index in [1.165, 1.54) is 45.2 Å². The average Bonchev–Trinajstić information content (AvgIpc) is 2.11. The molecule has 1 heterocycles. The summed E-state index contributed by atoms with van der Waals surface area (Å²) in [7, 11) is 0. The van der Waals surface area contributed by atoms with Crippen LogP contribution in [0.25, 0.3) is 0 Å². The molecule has 0 aromatic carbocycles. The van der Waals surface area contributed by atoms with Crippen molar-refractivity contribution in [3.63, 3.8) is 0 Å². The summed E-state index contributed by atoms with van der Waals surface area (Å²) >= 11 is 0. The maximum atomic E-state index is 5.95. The van der Waals surface area contributed by atoms with Crippen LogP contribution in [0.4, 0.5) is 0 Å². The number of rotatable bonds is 2. The maximum Gasteiger partial charge on any atom is 0.0835 e. The van der Waals surface area contributed by atoms with Crippen LogP contribution in [0.5, 0.6) is 0 Å². The van der Waals surface area contributed by atoms with Crippen LogP contribution >= 0.6 is 0 Å². The third-order valence-corrected chi connectivity index (χ3v) is 3.49. The molecule has 0 N–H and O–H groups in total. The summed E-state index contributed by atoms with van der Waals surface area (Å²) in [6.45, 7) is 8.78. The van der Waals surface area contributed by atoms with E-state index in [0.717, 1.165) is 6.04 Å². The smallest absolute Gasteiger partial charge is 0.0835 e. The lowest BCUT2D eigenvalue weighted by atomic mass is 9.91. The summed E-state index contributed by atoms with van der Waals surface area (Å²) in [5.74, 6) is 0. The highest BCUT2D eigenvalue weighted by Gasteiger charge is 2.35. The Bertz CT molecular complexity index is 197. The normalized spacial score (nSPS) is 26.6. The number of hydrogen-bond donors (Lipinski definition) is 0. The van der Waals surface area contributed by atoms with E-state index in [2.05, 4.69) is 25.7 Å². The van der Waals surface area contributed by atoms with Gasteiger partial charge < -0.3 is 4.74 Å². The van der Waals surface area contributed by atoms with E-state index in [9.17, 15) is 0 Å². The van der Waals surface area contributed by atoms with Gasteiger partial charge in [0.15, 0.2) is 0 Å². The fraction of sp³-hybridized carbons (Fsp3) is 1.00. The molecule has 2 heteroatoms. The van der Waals surface area contributed by atoms with Crippen LogP contribution in [0.3, 0.4) is 0 Å². The predicted molar refractivity (Wildman–Crippen MR) is 63.1 cm³/mol. The highest BCUT2D eigenvalue weighted by Crippen LogP contribution is 2.28. The average molecular weight is 211 g/mol. The Balaban J connectivity index is 1.68. The van der Waals surface area contributed by atoms with Gasteiger partial charge >= 0.3 is 0 Å². The summed E-state index contributed by atoms with van der Waals surface area (Å²) in [6, 6.07) is 0.874. The molecule has 0 aromatic rings. The molecule has 1 aliphatic carbocycles. The second-order valence-corrected chi connectivity index (χ2v) is 6.10. The van der Waals surface area contributed by atoms with Crippen molar-refractivity contribution in [3.8, 4) is 0 Å². The van der Waals surface area contributed by atoms with Crippen LogP contribution in [0.2, 0.25) is 0 Å². The Morgan fingerprint density at radius 2 is 1.60 bits per heavy atom. The lowest BCUT2D eigenvalue weighted by Gasteiger charge is -2.47. The van der Waals surface area contributed by atoms with Gasteiger partial charge in [-0.05, 0) is 33.6 Å². The van der Waals surface area contributed by atoms with Crippen LogP contribution < -0.4 is 0 Å². The second kappa shape index (κ2) is 4.42. The van der Waals surface area contributed by atoms with Gasteiger partial charge in [-0.2, -0.15) is 0 Å². The zero-order valence-corrected chi connectivity index (χ0v) is 10.5. The maximum absolute atomic E-state index is 5.95. The van der Waals surface area contributed by atoms with Crippen LogP contribution in [0.15, 0.2) is 0 Å². The predicted octanol–water partition coefficient (Wildman–Crippen LogP) is 2.82. The Kier molecular flexibility index (Phi) is 3.36. The van der Waals surface area contributed by atoms with Gasteiger partial charge in [0, 0.05) is 19.1 Å². The molecule has 1 aliphatic heterocycles. The molecular weight excluding hydrogens is 186 g/mol. The summed E-state index contributed by atoms with van der Waals surface area (Å²) in [5.41, 5.74) is 0.0311. The molecule has 0 spiro atoms.